The molecule has 1 aromatic carbocycles. The third-order valence-corrected chi connectivity index (χ3v) is 4.02. The number of carbonyl (C=O) groups excluding carboxylic acids is 2. The standard InChI is InChI=1S/C19H23N3O2/c1-4-16-8-10-22(11-9-16)13-19(24)20-12-18(23)21-17-7-5-6-14(2)15(17)3/h5-11H,4,12-13H2,1-3H3,(H-,20,21,23,24)/p+1. The molecule has 2 amide bonds. The lowest BCUT2D eigenvalue weighted by atomic mass is 10.1. The van der Waals surface area contributed by atoms with Gasteiger partial charge in [-0.05, 0) is 43.0 Å². The van der Waals surface area contributed by atoms with Crippen LogP contribution < -0.4 is 15.2 Å². The number of nitrogens with one attached hydrogen (secondary N) is 2. The van der Waals surface area contributed by atoms with E-state index in [2.05, 4.69) is 17.6 Å². The number of carbonyl (C=O) groups is 2. The molecule has 0 aliphatic heterocycles. The quantitative estimate of drug-likeness (QED) is 0.797. The van der Waals surface area contributed by atoms with Crippen LogP contribution in [0.4, 0.5) is 5.69 Å². The molecule has 0 saturated heterocycles. The largest absolute Gasteiger partial charge is 0.342 e. The zero-order valence-electron chi connectivity index (χ0n) is 14.4. The van der Waals surface area contributed by atoms with Gasteiger partial charge in [0.25, 0.3) is 5.91 Å². The van der Waals surface area contributed by atoms with E-state index in [4.69, 9.17) is 0 Å². The van der Waals surface area contributed by atoms with E-state index in [9.17, 15) is 9.59 Å². The van der Waals surface area contributed by atoms with Gasteiger partial charge in [-0.1, -0.05) is 19.1 Å². The first-order chi connectivity index (χ1) is 11.5. The minimum Gasteiger partial charge on any atom is -0.342 e. The molecule has 24 heavy (non-hydrogen) atoms. The summed E-state index contributed by atoms with van der Waals surface area (Å²) in [6, 6.07) is 9.72. The molecule has 0 aliphatic carbocycles. The van der Waals surface area contributed by atoms with Crippen LogP contribution >= 0.6 is 0 Å². The molecule has 0 unspecified atom stereocenters. The fourth-order valence-corrected chi connectivity index (χ4v) is 2.31. The van der Waals surface area contributed by atoms with Gasteiger partial charge in [0.15, 0.2) is 12.4 Å². The summed E-state index contributed by atoms with van der Waals surface area (Å²) in [4.78, 5) is 23.9. The summed E-state index contributed by atoms with van der Waals surface area (Å²) in [7, 11) is 0. The molecule has 0 spiro atoms. The molecular weight excluding hydrogens is 302 g/mol. The summed E-state index contributed by atoms with van der Waals surface area (Å²) in [5, 5.41) is 5.47. The van der Waals surface area contributed by atoms with Gasteiger partial charge in [-0.2, -0.15) is 4.57 Å². The Morgan fingerprint density at radius 2 is 1.75 bits per heavy atom. The van der Waals surface area contributed by atoms with Crippen LogP contribution in [0.3, 0.4) is 0 Å². The van der Waals surface area contributed by atoms with E-state index in [0.717, 1.165) is 23.2 Å². The number of benzene rings is 1. The van der Waals surface area contributed by atoms with Gasteiger partial charge in [-0.3, -0.25) is 9.59 Å². The Morgan fingerprint density at radius 3 is 2.42 bits per heavy atom. The molecule has 2 N–H and O–H groups in total. The Morgan fingerprint density at radius 1 is 1.04 bits per heavy atom. The van der Waals surface area contributed by atoms with Crippen molar-refractivity contribution < 1.29 is 14.2 Å². The van der Waals surface area contributed by atoms with Crippen molar-refractivity contribution in [2.24, 2.45) is 0 Å². The Hall–Kier alpha value is -2.69. The van der Waals surface area contributed by atoms with Gasteiger partial charge in [0.05, 0.1) is 6.54 Å². The number of nitrogens with zero attached hydrogens (tertiary/aromatic N) is 1. The number of anilines is 1. The van der Waals surface area contributed by atoms with Crippen molar-refractivity contribution >= 4 is 17.5 Å². The van der Waals surface area contributed by atoms with E-state index in [-0.39, 0.29) is 24.9 Å². The van der Waals surface area contributed by atoms with Gasteiger partial charge in [0, 0.05) is 17.8 Å². The Balaban J connectivity index is 1.82. The molecular formula is C19H24N3O2+. The van der Waals surface area contributed by atoms with E-state index in [0.29, 0.717) is 0 Å². The van der Waals surface area contributed by atoms with E-state index in [1.54, 1.807) is 4.57 Å². The lowest BCUT2D eigenvalue weighted by molar-refractivity contribution is -0.684. The lowest BCUT2D eigenvalue weighted by Crippen LogP contribution is -2.44. The molecule has 0 fully saturated rings. The molecule has 2 aromatic rings. The maximum atomic E-state index is 12.0. The number of aromatic nitrogens is 1. The molecule has 0 bridgehead atoms. The van der Waals surface area contributed by atoms with E-state index in [1.165, 1.54) is 5.56 Å². The van der Waals surface area contributed by atoms with Gasteiger partial charge >= 0.3 is 0 Å². The van der Waals surface area contributed by atoms with Crippen LogP contribution in [0.25, 0.3) is 0 Å². The van der Waals surface area contributed by atoms with Crippen molar-refractivity contribution in [1.29, 1.82) is 0 Å². The monoisotopic (exact) mass is 326 g/mol. The number of hydrogen-bond donors (Lipinski definition) is 2. The first-order valence-electron chi connectivity index (χ1n) is 8.10. The number of pyridine rings is 1. The molecule has 126 valence electrons. The smallest absolute Gasteiger partial charge is 0.286 e. The second kappa shape index (κ2) is 8.24. The fraction of sp³-hybridized carbons (Fsp3) is 0.316. The first-order valence-corrected chi connectivity index (χ1v) is 8.10. The highest BCUT2D eigenvalue weighted by molar-refractivity contribution is 5.95. The summed E-state index contributed by atoms with van der Waals surface area (Å²) in [6.45, 7) is 6.19. The Labute approximate surface area is 142 Å². The first kappa shape index (κ1) is 17.7. The summed E-state index contributed by atoms with van der Waals surface area (Å²) in [5.41, 5.74) is 4.14. The molecule has 0 aliphatic rings. The summed E-state index contributed by atoms with van der Waals surface area (Å²) < 4.78 is 1.79. The SMILES string of the molecule is CCc1cc[n+](CC(=O)NCC(=O)Nc2cccc(C)c2C)cc1. The lowest BCUT2D eigenvalue weighted by Gasteiger charge is -2.10. The van der Waals surface area contributed by atoms with Gasteiger partial charge < -0.3 is 10.6 Å². The van der Waals surface area contributed by atoms with Crippen molar-refractivity contribution in [1.82, 2.24) is 5.32 Å². The van der Waals surface area contributed by atoms with E-state index >= 15 is 0 Å². The summed E-state index contributed by atoms with van der Waals surface area (Å²) in [5.74, 6) is -0.427. The minimum absolute atomic E-state index is 0.0418. The zero-order valence-corrected chi connectivity index (χ0v) is 14.4. The summed E-state index contributed by atoms with van der Waals surface area (Å²) in [6.07, 6.45) is 4.70. The normalized spacial score (nSPS) is 10.3. The third-order valence-electron chi connectivity index (χ3n) is 4.02. The van der Waals surface area contributed by atoms with Crippen molar-refractivity contribution in [3.8, 4) is 0 Å². The zero-order chi connectivity index (χ0) is 17.5. The minimum atomic E-state index is -0.233. The highest BCUT2D eigenvalue weighted by Gasteiger charge is 2.11. The predicted octanol–water partition coefficient (Wildman–Crippen LogP) is 1.91. The number of hydrogen-bond acceptors (Lipinski definition) is 2. The van der Waals surface area contributed by atoms with Gasteiger partial charge in [0.1, 0.15) is 0 Å². The highest BCUT2D eigenvalue weighted by Crippen LogP contribution is 2.17. The molecule has 5 nitrogen and oxygen atoms in total. The Bertz CT molecular complexity index is 724. The van der Waals surface area contributed by atoms with Gasteiger partial charge in [-0.15, -0.1) is 0 Å². The number of amides is 2. The molecule has 2 rings (SSSR count). The number of rotatable bonds is 6. The molecule has 1 aromatic heterocycles. The van der Waals surface area contributed by atoms with Crippen LogP contribution in [0.1, 0.15) is 23.6 Å². The maximum absolute atomic E-state index is 12.0. The maximum Gasteiger partial charge on any atom is 0.286 e. The highest BCUT2D eigenvalue weighted by atomic mass is 16.2. The molecule has 1 heterocycles. The average molecular weight is 326 g/mol. The van der Waals surface area contributed by atoms with Crippen molar-refractivity contribution in [2.45, 2.75) is 33.7 Å². The molecule has 0 atom stereocenters. The molecule has 0 saturated carbocycles. The molecule has 5 heteroatoms. The second-order valence-electron chi connectivity index (χ2n) is 5.80. The Kier molecular flexibility index (Phi) is 6.07. The number of aryl methyl sites for hydroxylation is 2. The topological polar surface area (TPSA) is 62.1 Å². The van der Waals surface area contributed by atoms with Crippen LogP contribution in [-0.2, 0) is 22.6 Å². The van der Waals surface area contributed by atoms with Crippen LogP contribution in [0.15, 0.2) is 42.7 Å². The molecule has 0 radical (unpaired) electrons. The van der Waals surface area contributed by atoms with Crippen LogP contribution in [0, 0.1) is 13.8 Å². The van der Waals surface area contributed by atoms with Gasteiger partial charge in [-0.25, -0.2) is 0 Å². The van der Waals surface area contributed by atoms with Crippen LogP contribution in [0.2, 0.25) is 0 Å². The summed E-state index contributed by atoms with van der Waals surface area (Å²) >= 11 is 0. The second-order valence-corrected chi connectivity index (χ2v) is 5.80. The van der Waals surface area contributed by atoms with Crippen LogP contribution in [-0.4, -0.2) is 18.4 Å². The van der Waals surface area contributed by atoms with Crippen molar-refractivity contribution in [3.63, 3.8) is 0 Å². The predicted molar refractivity (Wildman–Crippen MR) is 93.6 cm³/mol. The third kappa shape index (κ3) is 4.91. The van der Waals surface area contributed by atoms with Crippen molar-refractivity contribution in [2.75, 3.05) is 11.9 Å². The average Bonchev–Trinajstić information content (AvgIpc) is 2.58. The van der Waals surface area contributed by atoms with Gasteiger partial charge in [0.2, 0.25) is 12.5 Å². The fourth-order valence-electron chi connectivity index (χ4n) is 2.31. The van der Waals surface area contributed by atoms with Crippen LogP contribution in [0.5, 0.6) is 0 Å². The van der Waals surface area contributed by atoms with E-state index < -0.39 is 0 Å². The van der Waals surface area contributed by atoms with Crippen molar-refractivity contribution in [3.05, 3.63) is 59.4 Å². The van der Waals surface area contributed by atoms with E-state index in [1.807, 2.05) is 56.6 Å².